The highest BCUT2D eigenvalue weighted by Gasteiger charge is 2.15. The van der Waals surface area contributed by atoms with Gasteiger partial charge in [0.25, 0.3) is 0 Å². The van der Waals surface area contributed by atoms with Crippen LogP contribution in [0.25, 0.3) is 10.9 Å². The molecule has 1 aromatic heterocycles. The van der Waals surface area contributed by atoms with Gasteiger partial charge in [-0.15, -0.1) is 0 Å². The lowest BCUT2D eigenvalue weighted by Crippen LogP contribution is -2.01. The van der Waals surface area contributed by atoms with Gasteiger partial charge in [0.1, 0.15) is 0 Å². The fourth-order valence-corrected chi connectivity index (χ4v) is 2.77. The fraction of sp³-hybridized carbons (Fsp3) is 0.111. The van der Waals surface area contributed by atoms with Crippen LogP contribution in [-0.4, -0.2) is 17.0 Å². The molecule has 3 nitrogen and oxygen atoms in total. The maximum absolute atomic E-state index is 12.6. The summed E-state index contributed by atoms with van der Waals surface area (Å²) in [6, 6.07) is 13.8. The van der Waals surface area contributed by atoms with Crippen molar-refractivity contribution in [2.75, 3.05) is 0 Å². The van der Waals surface area contributed by atoms with Crippen LogP contribution in [0.4, 0.5) is 5.69 Å². The highest BCUT2D eigenvalue weighted by Crippen LogP contribution is 2.27. The minimum absolute atomic E-state index is 0.00810. The van der Waals surface area contributed by atoms with E-state index in [1.54, 1.807) is 0 Å². The van der Waals surface area contributed by atoms with Gasteiger partial charge >= 0.3 is 0 Å². The van der Waals surface area contributed by atoms with Crippen LogP contribution in [0.1, 0.15) is 27.2 Å². The van der Waals surface area contributed by atoms with Gasteiger partial charge in [-0.2, -0.15) is 0 Å². The molecule has 0 radical (unpaired) electrons. The zero-order chi connectivity index (χ0) is 14.4. The predicted octanol–water partition coefficient (Wildman–Crippen LogP) is 3.97. The molecule has 2 heterocycles. The summed E-state index contributed by atoms with van der Waals surface area (Å²) >= 11 is 0. The van der Waals surface area contributed by atoms with Crippen molar-refractivity contribution in [1.82, 2.24) is 4.98 Å². The lowest BCUT2D eigenvalue weighted by atomic mass is 10.0. The number of fused-ring (bicyclic) bond motifs is 2. The Morgan fingerprint density at radius 2 is 2.05 bits per heavy atom. The Morgan fingerprint density at radius 1 is 1.14 bits per heavy atom. The number of ketones is 1. The average molecular weight is 274 g/mol. The first kappa shape index (κ1) is 12.1. The van der Waals surface area contributed by atoms with E-state index in [4.69, 9.17) is 0 Å². The van der Waals surface area contributed by atoms with Crippen molar-refractivity contribution in [3.8, 4) is 0 Å². The number of hydrogen-bond donors (Lipinski definition) is 1. The number of aryl methyl sites for hydroxylation is 1. The highest BCUT2D eigenvalue weighted by atomic mass is 16.1. The quantitative estimate of drug-likeness (QED) is 0.706. The first-order valence-corrected chi connectivity index (χ1v) is 7.00. The molecule has 0 atom stereocenters. The summed E-state index contributed by atoms with van der Waals surface area (Å²) in [4.78, 5) is 20.1. The van der Waals surface area contributed by atoms with Crippen LogP contribution >= 0.6 is 0 Å². The standard InChI is InChI=1S/C18H14N2O/c1-11-2-5-15-14(8-11)10-17(20-15)18(21)13-4-3-12-6-7-19-16(12)9-13/h2-5,7-10,20H,6H2,1H3. The van der Waals surface area contributed by atoms with Crippen LogP contribution in [0.2, 0.25) is 0 Å². The molecule has 21 heavy (non-hydrogen) atoms. The van der Waals surface area contributed by atoms with Gasteiger partial charge in [0, 0.05) is 29.1 Å². The molecule has 0 saturated carbocycles. The first-order chi connectivity index (χ1) is 10.2. The lowest BCUT2D eigenvalue weighted by Gasteiger charge is -2.01. The fourth-order valence-electron chi connectivity index (χ4n) is 2.77. The van der Waals surface area contributed by atoms with E-state index in [0.717, 1.165) is 23.0 Å². The van der Waals surface area contributed by atoms with Crippen LogP contribution in [-0.2, 0) is 6.42 Å². The number of aromatic amines is 1. The molecule has 0 amide bonds. The van der Waals surface area contributed by atoms with E-state index in [2.05, 4.69) is 16.0 Å². The van der Waals surface area contributed by atoms with E-state index in [1.807, 2.05) is 49.5 Å². The van der Waals surface area contributed by atoms with Crippen molar-refractivity contribution in [2.24, 2.45) is 4.99 Å². The van der Waals surface area contributed by atoms with E-state index >= 15 is 0 Å². The number of aromatic nitrogens is 1. The van der Waals surface area contributed by atoms with Crippen molar-refractivity contribution in [3.05, 3.63) is 64.8 Å². The SMILES string of the molecule is Cc1ccc2[nH]c(C(=O)c3ccc4c(c3)N=CC4)cc2c1. The van der Waals surface area contributed by atoms with Crippen molar-refractivity contribution in [1.29, 1.82) is 0 Å². The van der Waals surface area contributed by atoms with Gasteiger partial charge in [-0.25, -0.2) is 0 Å². The molecular weight excluding hydrogens is 260 g/mol. The second-order valence-electron chi connectivity index (χ2n) is 5.46. The summed E-state index contributed by atoms with van der Waals surface area (Å²) in [7, 11) is 0. The van der Waals surface area contributed by atoms with Crippen LogP contribution in [0.3, 0.4) is 0 Å². The number of aliphatic imine (C=N–C) groups is 1. The first-order valence-electron chi connectivity index (χ1n) is 7.00. The number of hydrogen-bond acceptors (Lipinski definition) is 2. The largest absolute Gasteiger partial charge is 0.352 e. The summed E-state index contributed by atoms with van der Waals surface area (Å²) in [5, 5.41) is 1.07. The zero-order valence-corrected chi connectivity index (χ0v) is 11.7. The van der Waals surface area contributed by atoms with Gasteiger partial charge in [0.2, 0.25) is 5.78 Å². The number of nitrogens with zero attached hydrogens (tertiary/aromatic N) is 1. The third-order valence-corrected chi connectivity index (χ3v) is 3.91. The summed E-state index contributed by atoms with van der Waals surface area (Å²) in [6.45, 7) is 2.05. The minimum atomic E-state index is 0.00810. The summed E-state index contributed by atoms with van der Waals surface area (Å²) in [5.41, 5.74) is 5.57. The molecule has 0 spiro atoms. The normalized spacial score (nSPS) is 12.8. The number of carbonyl (C=O) groups excluding carboxylic acids is 1. The highest BCUT2D eigenvalue weighted by molar-refractivity contribution is 6.10. The Labute approximate surface area is 122 Å². The third kappa shape index (κ3) is 1.98. The summed E-state index contributed by atoms with van der Waals surface area (Å²) < 4.78 is 0. The van der Waals surface area contributed by atoms with Crippen LogP contribution < -0.4 is 0 Å². The molecule has 0 bridgehead atoms. The van der Waals surface area contributed by atoms with E-state index in [9.17, 15) is 4.79 Å². The molecule has 3 aromatic rings. The van der Waals surface area contributed by atoms with Crippen molar-refractivity contribution in [2.45, 2.75) is 13.3 Å². The van der Waals surface area contributed by atoms with E-state index in [1.165, 1.54) is 11.1 Å². The monoisotopic (exact) mass is 274 g/mol. The minimum Gasteiger partial charge on any atom is -0.352 e. The molecule has 1 N–H and O–H groups in total. The maximum atomic E-state index is 12.6. The number of H-pyrrole nitrogens is 1. The zero-order valence-electron chi connectivity index (χ0n) is 11.7. The predicted molar refractivity (Wildman–Crippen MR) is 84.8 cm³/mol. The second-order valence-corrected chi connectivity index (χ2v) is 5.46. The van der Waals surface area contributed by atoms with Gasteiger partial charge in [0.15, 0.2) is 0 Å². The molecule has 0 saturated heterocycles. The van der Waals surface area contributed by atoms with E-state index in [0.29, 0.717) is 11.3 Å². The van der Waals surface area contributed by atoms with Gasteiger partial charge in [-0.3, -0.25) is 9.79 Å². The van der Waals surface area contributed by atoms with Crippen molar-refractivity contribution >= 4 is 28.6 Å². The van der Waals surface area contributed by atoms with Gasteiger partial charge in [-0.05, 0) is 36.8 Å². The van der Waals surface area contributed by atoms with Crippen LogP contribution in [0.15, 0.2) is 47.5 Å². The maximum Gasteiger partial charge on any atom is 0.209 e. The molecule has 1 aliphatic rings. The number of rotatable bonds is 2. The number of benzene rings is 2. The molecule has 2 aromatic carbocycles. The lowest BCUT2D eigenvalue weighted by molar-refractivity contribution is 0.103. The molecule has 102 valence electrons. The Bertz CT molecular complexity index is 903. The van der Waals surface area contributed by atoms with Gasteiger partial charge in [0.05, 0.1) is 11.4 Å². The second kappa shape index (κ2) is 4.42. The van der Waals surface area contributed by atoms with E-state index < -0.39 is 0 Å². The van der Waals surface area contributed by atoms with Crippen LogP contribution in [0, 0.1) is 6.92 Å². The molecular formula is C18H14N2O. The van der Waals surface area contributed by atoms with Crippen molar-refractivity contribution in [3.63, 3.8) is 0 Å². The van der Waals surface area contributed by atoms with E-state index in [-0.39, 0.29) is 5.78 Å². The molecule has 4 rings (SSSR count). The molecule has 0 fully saturated rings. The smallest absolute Gasteiger partial charge is 0.209 e. The van der Waals surface area contributed by atoms with Crippen LogP contribution in [0.5, 0.6) is 0 Å². The molecule has 1 aliphatic heterocycles. The Kier molecular flexibility index (Phi) is 2.54. The van der Waals surface area contributed by atoms with Crippen molar-refractivity contribution < 1.29 is 4.79 Å². The summed E-state index contributed by atoms with van der Waals surface area (Å²) in [5.74, 6) is 0.00810. The average Bonchev–Trinajstić information content (AvgIpc) is 3.11. The Hall–Kier alpha value is -2.68. The molecule has 0 aliphatic carbocycles. The third-order valence-electron chi connectivity index (χ3n) is 3.91. The Balaban J connectivity index is 1.77. The van der Waals surface area contributed by atoms with Gasteiger partial charge in [-0.1, -0.05) is 23.8 Å². The summed E-state index contributed by atoms with van der Waals surface area (Å²) in [6.07, 6.45) is 2.74. The topological polar surface area (TPSA) is 45.2 Å². The molecule has 0 unspecified atom stereocenters. The van der Waals surface area contributed by atoms with Gasteiger partial charge < -0.3 is 4.98 Å². The number of nitrogens with one attached hydrogen (secondary N) is 1. The number of carbonyl (C=O) groups is 1. The Morgan fingerprint density at radius 3 is 2.95 bits per heavy atom. The molecule has 3 heteroatoms.